The number of aromatic amines is 1. The number of ether oxygens (including phenoxy) is 1. The Hall–Kier alpha value is -2.12. The van der Waals surface area contributed by atoms with E-state index in [9.17, 15) is 0 Å². The summed E-state index contributed by atoms with van der Waals surface area (Å²) >= 11 is 2.06. The summed E-state index contributed by atoms with van der Waals surface area (Å²) in [4.78, 5) is 12.2. The first-order valence-corrected chi connectivity index (χ1v) is 11.2. The maximum Gasteiger partial charge on any atom is 0.130 e. The van der Waals surface area contributed by atoms with Gasteiger partial charge in [-0.2, -0.15) is 16.9 Å². The van der Waals surface area contributed by atoms with Gasteiger partial charge in [-0.05, 0) is 61.0 Å². The summed E-state index contributed by atoms with van der Waals surface area (Å²) in [5.74, 6) is 4.09. The average Bonchev–Trinajstić information content (AvgIpc) is 3.28. The van der Waals surface area contributed by atoms with Crippen molar-refractivity contribution in [1.82, 2.24) is 20.2 Å². The summed E-state index contributed by atoms with van der Waals surface area (Å²) in [5, 5.41) is 8.41. The Morgan fingerprint density at radius 3 is 2.89 bits per heavy atom. The highest BCUT2D eigenvalue weighted by atomic mass is 32.2. The van der Waals surface area contributed by atoms with Crippen molar-refractivity contribution in [2.45, 2.75) is 31.7 Å². The third-order valence-electron chi connectivity index (χ3n) is 5.83. The smallest absolute Gasteiger partial charge is 0.130 e. The molecule has 0 bridgehead atoms. The highest BCUT2D eigenvalue weighted by molar-refractivity contribution is 7.99. The minimum absolute atomic E-state index is 0.320. The van der Waals surface area contributed by atoms with Crippen LogP contribution >= 0.6 is 11.8 Å². The second-order valence-electron chi connectivity index (χ2n) is 7.60. The van der Waals surface area contributed by atoms with E-state index >= 15 is 0 Å². The summed E-state index contributed by atoms with van der Waals surface area (Å²) in [6, 6.07) is 6.75. The molecule has 0 aliphatic carbocycles. The minimum Gasteiger partial charge on any atom is -0.377 e. The lowest BCUT2D eigenvalue weighted by molar-refractivity contribution is 0.0985. The summed E-state index contributed by atoms with van der Waals surface area (Å²) < 4.78 is 5.65. The standard InChI is InChI=1S/C21H25N5OS/c1-14-13-27-9-8-26(14)19-12-17(15-4-10-28-11-5-15)16-2-6-22-21(20(16)24-19)18-3-7-23-25-18/h2-3,6-7,12,14-15H,4-5,8-11,13H2,1H3,(H,23,25). The Balaban J connectivity index is 1.70. The first kappa shape index (κ1) is 17.9. The van der Waals surface area contributed by atoms with E-state index in [0.29, 0.717) is 12.0 Å². The van der Waals surface area contributed by atoms with E-state index < -0.39 is 0 Å². The maximum absolute atomic E-state index is 5.65. The SMILES string of the molecule is CC1COCCN1c1cc(C2CCSCC2)c2ccnc(-c3ccn[nH]3)c2n1. The van der Waals surface area contributed by atoms with Gasteiger partial charge in [0, 0.05) is 24.3 Å². The molecule has 0 spiro atoms. The second-order valence-corrected chi connectivity index (χ2v) is 8.82. The van der Waals surface area contributed by atoms with Crippen molar-refractivity contribution in [3.8, 4) is 11.4 Å². The maximum atomic E-state index is 5.65. The number of anilines is 1. The molecule has 5 heterocycles. The number of thioether (sulfide) groups is 1. The molecule has 7 heteroatoms. The molecule has 3 aromatic heterocycles. The molecule has 0 amide bonds. The lowest BCUT2D eigenvalue weighted by Gasteiger charge is -2.35. The van der Waals surface area contributed by atoms with Crippen molar-refractivity contribution >= 4 is 28.5 Å². The van der Waals surface area contributed by atoms with Crippen molar-refractivity contribution < 1.29 is 4.74 Å². The molecule has 2 saturated heterocycles. The number of fused-ring (bicyclic) bond motifs is 1. The zero-order valence-electron chi connectivity index (χ0n) is 16.1. The Labute approximate surface area is 169 Å². The molecule has 1 unspecified atom stereocenters. The van der Waals surface area contributed by atoms with Crippen LogP contribution in [0.25, 0.3) is 22.3 Å². The van der Waals surface area contributed by atoms with Crippen LogP contribution in [0.5, 0.6) is 0 Å². The predicted molar refractivity (Wildman–Crippen MR) is 114 cm³/mol. The van der Waals surface area contributed by atoms with E-state index in [2.05, 4.69) is 50.9 Å². The largest absolute Gasteiger partial charge is 0.377 e. The fourth-order valence-corrected chi connectivity index (χ4v) is 5.42. The van der Waals surface area contributed by atoms with E-state index in [1.807, 2.05) is 12.3 Å². The molecule has 1 atom stereocenters. The van der Waals surface area contributed by atoms with Gasteiger partial charge in [0.2, 0.25) is 0 Å². The van der Waals surface area contributed by atoms with Crippen LogP contribution in [0, 0.1) is 0 Å². The Bertz CT molecular complexity index is 955. The van der Waals surface area contributed by atoms with Crippen LogP contribution < -0.4 is 4.90 Å². The molecule has 0 aromatic carbocycles. The molecule has 6 nitrogen and oxygen atoms in total. The van der Waals surface area contributed by atoms with E-state index in [1.165, 1.54) is 35.3 Å². The number of pyridine rings is 2. The highest BCUT2D eigenvalue weighted by Crippen LogP contribution is 2.39. The lowest BCUT2D eigenvalue weighted by Crippen LogP contribution is -2.44. The van der Waals surface area contributed by atoms with Crippen molar-refractivity contribution in [2.24, 2.45) is 0 Å². The highest BCUT2D eigenvalue weighted by Gasteiger charge is 2.25. The molecule has 146 valence electrons. The monoisotopic (exact) mass is 395 g/mol. The molecular formula is C21H25N5OS. The third kappa shape index (κ3) is 3.26. The fraction of sp³-hybridized carbons (Fsp3) is 0.476. The van der Waals surface area contributed by atoms with Crippen molar-refractivity contribution in [3.63, 3.8) is 0 Å². The van der Waals surface area contributed by atoms with Gasteiger partial charge < -0.3 is 9.64 Å². The number of H-pyrrole nitrogens is 1. The predicted octanol–water partition coefficient (Wildman–Crippen LogP) is 3.86. The van der Waals surface area contributed by atoms with Crippen LogP contribution in [0.1, 0.15) is 31.2 Å². The van der Waals surface area contributed by atoms with Gasteiger partial charge in [0.1, 0.15) is 17.0 Å². The van der Waals surface area contributed by atoms with Crippen LogP contribution in [0.3, 0.4) is 0 Å². The third-order valence-corrected chi connectivity index (χ3v) is 6.87. The summed E-state index contributed by atoms with van der Waals surface area (Å²) in [6.45, 7) is 4.58. The van der Waals surface area contributed by atoms with Gasteiger partial charge >= 0.3 is 0 Å². The number of nitrogens with one attached hydrogen (secondary N) is 1. The minimum atomic E-state index is 0.320. The molecule has 2 aliphatic rings. The molecule has 28 heavy (non-hydrogen) atoms. The van der Waals surface area contributed by atoms with Gasteiger partial charge in [-0.3, -0.25) is 10.1 Å². The molecule has 5 rings (SSSR count). The second kappa shape index (κ2) is 7.72. The number of morpholine rings is 1. The molecule has 3 aromatic rings. The topological polar surface area (TPSA) is 66.9 Å². The van der Waals surface area contributed by atoms with Crippen LogP contribution in [0.2, 0.25) is 0 Å². The molecule has 0 saturated carbocycles. The summed E-state index contributed by atoms with van der Waals surface area (Å²) in [7, 11) is 0. The average molecular weight is 396 g/mol. The van der Waals surface area contributed by atoms with Crippen LogP contribution in [-0.4, -0.2) is 57.5 Å². The number of nitrogens with zero attached hydrogens (tertiary/aromatic N) is 4. The zero-order chi connectivity index (χ0) is 18.9. The normalized spacial score (nSPS) is 21.3. The van der Waals surface area contributed by atoms with E-state index in [0.717, 1.165) is 42.5 Å². The van der Waals surface area contributed by atoms with Crippen LogP contribution in [-0.2, 0) is 4.74 Å². The van der Waals surface area contributed by atoms with Crippen LogP contribution in [0.15, 0.2) is 30.6 Å². The van der Waals surface area contributed by atoms with Gasteiger partial charge in [-0.15, -0.1) is 0 Å². The van der Waals surface area contributed by atoms with Gasteiger partial charge in [-0.25, -0.2) is 4.98 Å². The number of aromatic nitrogens is 4. The van der Waals surface area contributed by atoms with Gasteiger partial charge in [0.05, 0.1) is 24.9 Å². The van der Waals surface area contributed by atoms with Crippen LogP contribution in [0.4, 0.5) is 5.82 Å². The molecule has 0 radical (unpaired) electrons. The number of hydrogen-bond acceptors (Lipinski definition) is 6. The van der Waals surface area contributed by atoms with Gasteiger partial charge in [0.15, 0.2) is 0 Å². The lowest BCUT2D eigenvalue weighted by atomic mass is 9.90. The summed E-state index contributed by atoms with van der Waals surface area (Å²) in [6.07, 6.45) is 6.12. The zero-order valence-corrected chi connectivity index (χ0v) is 16.9. The molecule has 1 N–H and O–H groups in total. The number of hydrogen-bond donors (Lipinski definition) is 1. The quantitative estimate of drug-likeness (QED) is 0.726. The molecular weight excluding hydrogens is 370 g/mol. The van der Waals surface area contributed by atoms with Gasteiger partial charge in [0.25, 0.3) is 0 Å². The first-order chi connectivity index (χ1) is 13.8. The fourth-order valence-electron chi connectivity index (χ4n) is 4.31. The van der Waals surface area contributed by atoms with E-state index in [4.69, 9.17) is 9.72 Å². The number of rotatable bonds is 3. The summed E-state index contributed by atoms with van der Waals surface area (Å²) in [5.41, 5.74) is 4.18. The van der Waals surface area contributed by atoms with E-state index in [-0.39, 0.29) is 0 Å². The molecule has 2 fully saturated rings. The Morgan fingerprint density at radius 2 is 2.11 bits per heavy atom. The van der Waals surface area contributed by atoms with Crippen molar-refractivity contribution in [1.29, 1.82) is 0 Å². The molecule has 2 aliphatic heterocycles. The first-order valence-electron chi connectivity index (χ1n) is 10.0. The Kier molecular flexibility index (Phi) is 4.94. The van der Waals surface area contributed by atoms with Crippen molar-refractivity contribution in [2.75, 3.05) is 36.2 Å². The van der Waals surface area contributed by atoms with Gasteiger partial charge in [-0.1, -0.05) is 0 Å². The van der Waals surface area contributed by atoms with E-state index in [1.54, 1.807) is 6.20 Å². The van der Waals surface area contributed by atoms with Crippen molar-refractivity contribution in [3.05, 3.63) is 36.2 Å². The Morgan fingerprint density at radius 1 is 1.21 bits per heavy atom.